The number of rotatable bonds is 6. The average Bonchev–Trinajstić information content (AvgIpc) is 2.68. The summed E-state index contributed by atoms with van der Waals surface area (Å²) in [5.74, 6) is -2.20. The lowest BCUT2D eigenvalue weighted by Gasteiger charge is -2.35. The first-order chi connectivity index (χ1) is 14.5. The van der Waals surface area contributed by atoms with Crippen molar-refractivity contribution in [1.29, 1.82) is 0 Å². The first-order valence-corrected chi connectivity index (χ1v) is 11.6. The molecular formula is C19H26Cl2F3N3O5S. The number of hydrogen-bond acceptors (Lipinski definition) is 6. The number of carbonyl (C=O) groups is 1. The monoisotopic (exact) mass is 535 g/mol. The zero-order valence-electron chi connectivity index (χ0n) is 17.5. The molecule has 2 heterocycles. The standard InChI is InChI=1S/C19H24F3N3O5S.2ClH/c20-19(21,22)15-11-13(24-31(28,29)12-18(26)27)4-5-16(15)30-14-6-9-25(10-7-14)17-3-1-2-8-23-17;;/h4-5,11,14,24H,1-3,6-10,12H2,(H,26,27);2*1H. The van der Waals surface area contributed by atoms with E-state index in [1.807, 2.05) is 4.72 Å². The fourth-order valence-corrected chi connectivity index (χ4v) is 4.53. The van der Waals surface area contributed by atoms with Gasteiger partial charge in [0.15, 0.2) is 5.75 Å². The predicted octanol–water partition coefficient (Wildman–Crippen LogP) is 3.80. The van der Waals surface area contributed by atoms with Gasteiger partial charge < -0.3 is 14.7 Å². The van der Waals surface area contributed by atoms with Gasteiger partial charge in [-0.2, -0.15) is 13.2 Å². The largest absolute Gasteiger partial charge is 0.490 e. The van der Waals surface area contributed by atoms with Crippen LogP contribution in [0.4, 0.5) is 18.9 Å². The number of ether oxygens (including phenoxy) is 1. The van der Waals surface area contributed by atoms with E-state index in [0.29, 0.717) is 32.0 Å². The number of nitrogens with zero attached hydrogens (tertiary/aromatic N) is 2. The molecule has 33 heavy (non-hydrogen) atoms. The first-order valence-electron chi connectivity index (χ1n) is 9.92. The van der Waals surface area contributed by atoms with Crippen LogP contribution in [0.5, 0.6) is 5.75 Å². The molecule has 0 aromatic heterocycles. The predicted molar refractivity (Wildman–Crippen MR) is 122 cm³/mol. The second-order valence-corrected chi connectivity index (χ2v) is 9.25. The molecule has 0 bridgehead atoms. The number of piperidine rings is 1. The van der Waals surface area contributed by atoms with Gasteiger partial charge in [0.25, 0.3) is 0 Å². The number of hydrogen-bond donors (Lipinski definition) is 2. The lowest BCUT2D eigenvalue weighted by molar-refractivity contribution is -0.139. The lowest BCUT2D eigenvalue weighted by atomic mass is 10.1. The number of aliphatic imine (C=N–C) groups is 1. The van der Waals surface area contributed by atoms with Crippen molar-refractivity contribution in [3.63, 3.8) is 0 Å². The summed E-state index contributed by atoms with van der Waals surface area (Å²) in [6.45, 7) is 2.11. The number of sulfonamides is 1. The van der Waals surface area contributed by atoms with Gasteiger partial charge in [-0.15, -0.1) is 24.8 Å². The van der Waals surface area contributed by atoms with Gasteiger partial charge in [-0.1, -0.05) is 0 Å². The van der Waals surface area contributed by atoms with Crippen LogP contribution in [0.3, 0.4) is 0 Å². The van der Waals surface area contributed by atoms with Crippen molar-refractivity contribution in [2.45, 2.75) is 44.4 Å². The molecule has 0 atom stereocenters. The van der Waals surface area contributed by atoms with Crippen LogP contribution in [0.15, 0.2) is 23.2 Å². The van der Waals surface area contributed by atoms with E-state index >= 15 is 0 Å². The summed E-state index contributed by atoms with van der Waals surface area (Å²) in [6.07, 6.45) is -1.01. The zero-order valence-corrected chi connectivity index (χ0v) is 20.0. The highest BCUT2D eigenvalue weighted by Gasteiger charge is 2.36. The Labute approximate surface area is 202 Å². The summed E-state index contributed by atoms with van der Waals surface area (Å²) in [4.78, 5) is 17.3. The number of aliphatic carboxylic acids is 1. The molecule has 0 amide bonds. The minimum Gasteiger partial charge on any atom is -0.490 e. The van der Waals surface area contributed by atoms with Crippen LogP contribution in [0.2, 0.25) is 0 Å². The number of halogens is 5. The molecule has 8 nitrogen and oxygen atoms in total. The summed E-state index contributed by atoms with van der Waals surface area (Å²) >= 11 is 0. The van der Waals surface area contributed by atoms with E-state index in [1.165, 1.54) is 0 Å². The maximum absolute atomic E-state index is 13.6. The molecule has 2 N–H and O–H groups in total. The summed E-state index contributed by atoms with van der Waals surface area (Å²) < 4.78 is 71.6. The van der Waals surface area contributed by atoms with Crippen LogP contribution in [-0.4, -0.2) is 61.7 Å². The maximum Gasteiger partial charge on any atom is 0.420 e. The Morgan fingerprint density at radius 3 is 2.42 bits per heavy atom. The van der Waals surface area contributed by atoms with Crippen molar-refractivity contribution in [1.82, 2.24) is 4.90 Å². The van der Waals surface area contributed by atoms with Crippen molar-refractivity contribution >= 4 is 52.3 Å². The van der Waals surface area contributed by atoms with Crippen molar-refractivity contribution in [2.24, 2.45) is 4.99 Å². The van der Waals surface area contributed by atoms with E-state index in [9.17, 15) is 26.4 Å². The number of benzene rings is 1. The number of carboxylic acids is 1. The third-order valence-electron chi connectivity index (χ3n) is 5.08. The van der Waals surface area contributed by atoms with Crippen LogP contribution in [0, 0.1) is 0 Å². The Kier molecular flexibility index (Phi) is 10.6. The van der Waals surface area contributed by atoms with Crippen LogP contribution >= 0.6 is 24.8 Å². The van der Waals surface area contributed by atoms with E-state index in [-0.39, 0.29) is 36.3 Å². The number of likely N-dealkylation sites (tertiary alicyclic amines) is 1. The smallest absolute Gasteiger partial charge is 0.420 e. The van der Waals surface area contributed by atoms with Crippen LogP contribution in [-0.2, 0) is 21.0 Å². The molecule has 2 aliphatic heterocycles. The third-order valence-corrected chi connectivity index (χ3v) is 6.25. The summed E-state index contributed by atoms with van der Waals surface area (Å²) in [5, 5.41) is 8.61. The highest BCUT2D eigenvalue weighted by Crippen LogP contribution is 2.39. The van der Waals surface area contributed by atoms with Crippen LogP contribution < -0.4 is 9.46 Å². The first kappa shape index (κ1) is 29.1. The number of alkyl halides is 3. The van der Waals surface area contributed by atoms with Crippen molar-refractivity contribution in [3.05, 3.63) is 23.8 Å². The van der Waals surface area contributed by atoms with Gasteiger partial charge in [-0.05, 0) is 31.0 Å². The van der Waals surface area contributed by atoms with E-state index in [2.05, 4.69) is 9.89 Å². The number of carboxylic acid groups (broad SMARTS) is 1. The molecule has 3 rings (SSSR count). The molecular weight excluding hydrogens is 510 g/mol. The van der Waals surface area contributed by atoms with Gasteiger partial charge in [0.1, 0.15) is 11.9 Å². The minimum atomic E-state index is -4.78. The number of amidine groups is 1. The van der Waals surface area contributed by atoms with E-state index < -0.39 is 39.6 Å². The molecule has 0 spiro atoms. The highest BCUT2D eigenvalue weighted by atomic mass is 35.5. The SMILES string of the molecule is Cl.Cl.O=C(O)CS(=O)(=O)Nc1ccc(OC2CCN(C3=NCCCC3)CC2)c(C(F)(F)F)c1. The number of nitrogens with one attached hydrogen (secondary N) is 1. The topological polar surface area (TPSA) is 108 Å². The van der Waals surface area contributed by atoms with Crippen molar-refractivity contribution in [3.8, 4) is 5.75 Å². The normalized spacial score (nSPS) is 17.3. The molecule has 0 aliphatic carbocycles. The van der Waals surface area contributed by atoms with E-state index in [4.69, 9.17) is 9.84 Å². The van der Waals surface area contributed by atoms with Gasteiger partial charge in [0.2, 0.25) is 10.0 Å². The molecule has 1 saturated heterocycles. The van der Waals surface area contributed by atoms with Gasteiger partial charge in [0.05, 0.1) is 11.4 Å². The Hall–Kier alpha value is -1.92. The molecule has 1 fully saturated rings. The summed E-state index contributed by atoms with van der Waals surface area (Å²) in [6, 6.07) is 2.79. The molecule has 0 radical (unpaired) electrons. The van der Waals surface area contributed by atoms with Gasteiger partial charge in [-0.25, -0.2) is 8.42 Å². The molecule has 1 aromatic carbocycles. The van der Waals surface area contributed by atoms with Crippen LogP contribution in [0.1, 0.15) is 37.7 Å². The van der Waals surface area contributed by atoms with E-state index in [1.54, 1.807) is 0 Å². The Morgan fingerprint density at radius 2 is 1.88 bits per heavy atom. The fourth-order valence-electron chi connectivity index (χ4n) is 3.65. The summed E-state index contributed by atoms with van der Waals surface area (Å²) in [7, 11) is -4.33. The van der Waals surface area contributed by atoms with Crippen molar-refractivity contribution in [2.75, 3.05) is 30.1 Å². The molecule has 1 aromatic rings. The molecule has 2 aliphatic rings. The second-order valence-electron chi connectivity index (χ2n) is 7.52. The van der Waals surface area contributed by atoms with Gasteiger partial charge in [-0.3, -0.25) is 14.5 Å². The highest BCUT2D eigenvalue weighted by molar-refractivity contribution is 7.93. The molecule has 0 saturated carbocycles. The maximum atomic E-state index is 13.6. The molecule has 188 valence electrons. The second kappa shape index (κ2) is 12.0. The molecule has 0 unspecified atom stereocenters. The third kappa shape index (κ3) is 8.42. The minimum absolute atomic E-state index is 0. The number of anilines is 1. The zero-order chi connectivity index (χ0) is 22.6. The Balaban J connectivity index is 0.00000272. The van der Waals surface area contributed by atoms with Gasteiger partial charge >= 0.3 is 12.1 Å². The van der Waals surface area contributed by atoms with Crippen LogP contribution in [0.25, 0.3) is 0 Å². The Bertz CT molecular complexity index is 952. The Morgan fingerprint density at radius 1 is 1.21 bits per heavy atom. The van der Waals surface area contributed by atoms with E-state index in [0.717, 1.165) is 43.8 Å². The lowest BCUT2D eigenvalue weighted by Crippen LogP contribution is -2.42. The molecule has 14 heteroatoms. The van der Waals surface area contributed by atoms with Gasteiger partial charge in [0, 0.05) is 44.6 Å². The quantitative estimate of drug-likeness (QED) is 0.573. The fraction of sp³-hybridized carbons (Fsp3) is 0.579. The van der Waals surface area contributed by atoms with Crippen molar-refractivity contribution < 1.29 is 36.2 Å². The average molecular weight is 536 g/mol. The summed E-state index contributed by atoms with van der Waals surface area (Å²) in [5.41, 5.74) is -1.51.